The molecule has 11 heteroatoms. The summed E-state index contributed by atoms with van der Waals surface area (Å²) in [5, 5.41) is 18.5. The molecule has 3 aromatic rings. The number of nitrogens with one attached hydrogen (secondary N) is 4. The van der Waals surface area contributed by atoms with Crippen LogP contribution in [0.25, 0.3) is 5.65 Å². The van der Waals surface area contributed by atoms with Gasteiger partial charge in [-0.05, 0) is 76.0 Å². The first kappa shape index (κ1) is 26.0. The van der Waals surface area contributed by atoms with Gasteiger partial charge in [0.2, 0.25) is 0 Å². The largest absolute Gasteiger partial charge is 0.379 e. The Balaban J connectivity index is 1.14. The van der Waals surface area contributed by atoms with Gasteiger partial charge in [0.1, 0.15) is 16.8 Å². The molecule has 2 saturated carbocycles. The standard InChI is InChI=1S/C28H35ClN8O2/c29-25-14-20(10-12-31-25)35-28(39)23-16-32-27-22(33-18-8-9-18)15-26(36-37(23)27)34-19-6-4-17(5-7-19)13-24(38)21-3-1-2-11-30-21/h10,12,14-19,21,30,33H,1-9,11,13H2,(H,34,36)(H,31,35,39)/t17?,19?,21-/m0/s1. The summed E-state index contributed by atoms with van der Waals surface area (Å²) in [6, 6.07) is 6.02. The molecule has 4 heterocycles. The number of ketones is 1. The molecule has 206 valence electrons. The van der Waals surface area contributed by atoms with Crippen LogP contribution in [0.4, 0.5) is 17.2 Å². The number of rotatable bonds is 9. The SMILES string of the molecule is O=C(Nc1ccnc(Cl)c1)c1cnc2c(NC3CC3)cc(NC3CCC(CC(=O)[C@@H]4CCCCN4)CC3)nn12. The lowest BCUT2D eigenvalue weighted by atomic mass is 9.81. The quantitative estimate of drug-likeness (QED) is 0.283. The number of hydrogen-bond donors (Lipinski definition) is 4. The number of hydrogen-bond acceptors (Lipinski definition) is 8. The van der Waals surface area contributed by atoms with E-state index in [2.05, 4.69) is 31.2 Å². The topological polar surface area (TPSA) is 125 Å². The number of Topliss-reactive ketones (excluding diaryl/α,β-unsaturated/α-hetero) is 1. The Hall–Kier alpha value is -3.24. The van der Waals surface area contributed by atoms with Crippen LogP contribution in [0.3, 0.4) is 0 Å². The molecule has 6 rings (SSSR count). The first-order valence-corrected chi connectivity index (χ1v) is 14.5. The first-order valence-electron chi connectivity index (χ1n) is 14.1. The van der Waals surface area contributed by atoms with Crippen molar-refractivity contribution in [3.05, 3.63) is 41.4 Å². The molecule has 1 atom stereocenters. The smallest absolute Gasteiger partial charge is 0.276 e. The molecule has 0 radical (unpaired) electrons. The van der Waals surface area contributed by atoms with Gasteiger partial charge in [-0.2, -0.15) is 0 Å². The molecule has 2 aliphatic carbocycles. The monoisotopic (exact) mass is 550 g/mol. The van der Waals surface area contributed by atoms with Crippen LogP contribution in [0.5, 0.6) is 0 Å². The molecule has 1 amide bonds. The maximum Gasteiger partial charge on any atom is 0.276 e. The van der Waals surface area contributed by atoms with Crippen LogP contribution in [0.2, 0.25) is 5.15 Å². The van der Waals surface area contributed by atoms with Gasteiger partial charge in [-0.25, -0.2) is 14.5 Å². The van der Waals surface area contributed by atoms with Crippen molar-refractivity contribution in [1.29, 1.82) is 0 Å². The van der Waals surface area contributed by atoms with Crippen molar-refractivity contribution >= 4 is 46.1 Å². The Morgan fingerprint density at radius 1 is 1.00 bits per heavy atom. The van der Waals surface area contributed by atoms with Gasteiger partial charge in [0.15, 0.2) is 11.3 Å². The molecular weight excluding hydrogens is 516 g/mol. The normalized spacial score (nSPS) is 23.4. The maximum atomic E-state index is 13.1. The van der Waals surface area contributed by atoms with E-state index < -0.39 is 0 Å². The summed E-state index contributed by atoms with van der Waals surface area (Å²) in [4.78, 5) is 34.4. The summed E-state index contributed by atoms with van der Waals surface area (Å²) < 4.78 is 1.60. The van der Waals surface area contributed by atoms with E-state index in [1.54, 1.807) is 29.0 Å². The molecular formula is C28H35ClN8O2. The van der Waals surface area contributed by atoms with E-state index in [1.165, 1.54) is 6.42 Å². The number of nitrogens with zero attached hydrogens (tertiary/aromatic N) is 4. The zero-order valence-electron chi connectivity index (χ0n) is 22.0. The molecule has 4 N–H and O–H groups in total. The lowest BCUT2D eigenvalue weighted by Gasteiger charge is -2.30. The van der Waals surface area contributed by atoms with Crippen molar-refractivity contribution in [3.63, 3.8) is 0 Å². The van der Waals surface area contributed by atoms with Crippen molar-refractivity contribution in [3.8, 4) is 0 Å². The van der Waals surface area contributed by atoms with Gasteiger partial charge in [0.05, 0.1) is 17.9 Å². The minimum Gasteiger partial charge on any atom is -0.379 e. The van der Waals surface area contributed by atoms with Gasteiger partial charge in [0.25, 0.3) is 5.91 Å². The zero-order chi connectivity index (χ0) is 26.8. The van der Waals surface area contributed by atoms with Crippen LogP contribution in [0.15, 0.2) is 30.6 Å². The fourth-order valence-electron chi connectivity index (χ4n) is 5.70. The molecule has 1 aliphatic heterocycles. The van der Waals surface area contributed by atoms with E-state index in [0.29, 0.717) is 52.2 Å². The summed E-state index contributed by atoms with van der Waals surface area (Å²) in [5.41, 5.74) is 2.36. The van der Waals surface area contributed by atoms with Gasteiger partial charge in [-0.15, -0.1) is 5.10 Å². The number of amides is 1. The Morgan fingerprint density at radius 3 is 2.54 bits per heavy atom. The predicted molar refractivity (Wildman–Crippen MR) is 151 cm³/mol. The van der Waals surface area contributed by atoms with Crippen LogP contribution in [0.1, 0.15) is 74.7 Å². The molecule has 10 nitrogen and oxygen atoms in total. The molecule has 3 aromatic heterocycles. The fourth-order valence-corrected chi connectivity index (χ4v) is 5.87. The number of piperidine rings is 1. The third-order valence-electron chi connectivity index (χ3n) is 8.01. The van der Waals surface area contributed by atoms with Crippen LogP contribution >= 0.6 is 11.6 Å². The van der Waals surface area contributed by atoms with E-state index in [9.17, 15) is 9.59 Å². The van der Waals surface area contributed by atoms with Crippen LogP contribution in [0, 0.1) is 5.92 Å². The summed E-state index contributed by atoms with van der Waals surface area (Å²) in [6.45, 7) is 0.959. The second kappa shape index (κ2) is 11.5. The van der Waals surface area contributed by atoms with E-state index >= 15 is 0 Å². The minimum absolute atomic E-state index is 0.0556. The number of anilines is 3. The molecule has 39 heavy (non-hydrogen) atoms. The number of carbonyl (C=O) groups excluding carboxylic acids is 2. The van der Waals surface area contributed by atoms with Crippen LogP contribution in [-0.4, -0.2) is 55.9 Å². The number of pyridine rings is 1. The van der Waals surface area contributed by atoms with Gasteiger partial charge >= 0.3 is 0 Å². The predicted octanol–water partition coefficient (Wildman–Crippen LogP) is 4.68. The second-order valence-electron chi connectivity index (χ2n) is 11.1. The third-order valence-corrected chi connectivity index (χ3v) is 8.22. The molecule has 0 bridgehead atoms. The van der Waals surface area contributed by atoms with Crippen molar-refractivity contribution in [2.75, 3.05) is 22.5 Å². The number of fused-ring (bicyclic) bond motifs is 1. The Labute approximate surface area is 232 Å². The Bertz CT molecular complexity index is 1340. The summed E-state index contributed by atoms with van der Waals surface area (Å²) in [7, 11) is 0. The fraction of sp³-hybridized carbons (Fsp3) is 0.536. The van der Waals surface area contributed by atoms with Gasteiger partial charge < -0.3 is 21.3 Å². The highest BCUT2D eigenvalue weighted by Gasteiger charge is 2.28. The van der Waals surface area contributed by atoms with Crippen molar-refractivity contribution in [2.24, 2.45) is 5.92 Å². The highest BCUT2D eigenvalue weighted by molar-refractivity contribution is 6.29. The average Bonchev–Trinajstić information content (AvgIpc) is 3.65. The van der Waals surface area contributed by atoms with E-state index in [1.807, 2.05) is 6.07 Å². The summed E-state index contributed by atoms with van der Waals surface area (Å²) in [6.07, 6.45) is 13.3. The number of imidazole rings is 1. The lowest BCUT2D eigenvalue weighted by Crippen LogP contribution is -2.41. The van der Waals surface area contributed by atoms with Gasteiger partial charge in [-0.3, -0.25) is 9.59 Å². The summed E-state index contributed by atoms with van der Waals surface area (Å²) >= 11 is 5.98. The van der Waals surface area contributed by atoms with Crippen LogP contribution < -0.4 is 21.3 Å². The molecule has 3 aliphatic rings. The molecule has 0 aromatic carbocycles. The van der Waals surface area contributed by atoms with Crippen molar-refractivity contribution in [1.82, 2.24) is 24.9 Å². The molecule has 1 saturated heterocycles. The highest BCUT2D eigenvalue weighted by Crippen LogP contribution is 2.32. The van der Waals surface area contributed by atoms with Crippen LogP contribution in [-0.2, 0) is 4.79 Å². The van der Waals surface area contributed by atoms with E-state index in [-0.39, 0.29) is 18.0 Å². The van der Waals surface area contributed by atoms with Crippen molar-refractivity contribution in [2.45, 2.75) is 82.3 Å². The highest BCUT2D eigenvalue weighted by atomic mass is 35.5. The molecule has 3 fully saturated rings. The van der Waals surface area contributed by atoms with E-state index in [4.69, 9.17) is 16.7 Å². The number of halogens is 1. The average molecular weight is 551 g/mol. The van der Waals surface area contributed by atoms with Gasteiger partial charge in [-0.1, -0.05) is 18.0 Å². The van der Waals surface area contributed by atoms with Gasteiger partial charge in [0, 0.05) is 36.5 Å². The van der Waals surface area contributed by atoms with Crippen molar-refractivity contribution < 1.29 is 9.59 Å². The molecule has 0 unspecified atom stereocenters. The van der Waals surface area contributed by atoms with E-state index in [0.717, 1.165) is 63.6 Å². The second-order valence-corrected chi connectivity index (χ2v) is 11.5. The zero-order valence-corrected chi connectivity index (χ0v) is 22.7. The molecule has 0 spiro atoms. The first-order chi connectivity index (χ1) is 19.0. The Kier molecular flexibility index (Phi) is 7.65. The minimum atomic E-state index is -0.329. The maximum absolute atomic E-state index is 13.1. The number of carbonyl (C=O) groups is 2. The third kappa shape index (κ3) is 6.33. The number of aromatic nitrogens is 4. The Morgan fingerprint density at radius 2 is 1.79 bits per heavy atom. The summed E-state index contributed by atoms with van der Waals surface area (Å²) in [5.74, 6) is 1.21. The lowest BCUT2D eigenvalue weighted by molar-refractivity contribution is -0.122.